The van der Waals surface area contributed by atoms with Crippen LogP contribution in [0.5, 0.6) is 0 Å². The summed E-state index contributed by atoms with van der Waals surface area (Å²) in [6, 6.07) is 10.1. The molecule has 0 aliphatic carbocycles. The normalized spacial score (nSPS) is 12.0. The van der Waals surface area contributed by atoms with E-state index in [1.54, 1.807) is 0 Å². The van der Waals surface area contributed by atoms with Crippen LogP contribution in [0.1, 0.15) is 5.69 Å². The van der Waals surface area contributed by atoms with E-state index in [0.717, 1.165) is 28.2 Å². The monoisotopic (exact) mass is 246 g/mol. The van der Waals surface area contributed by atoms with Crippen LogP contribution in [0.15, 0.2) is 30.3 Å². The predicted octanol–water partition coefficient (Wildman–Crippen LogP) is 1.14. The highest BCUT2D eigenvalue weighted by atomic mass is 28.4. The molecule has 0 saturated carbocycles. The van der Waals surface area contributed by atoms with Crippen molar-refractivity contribution in [3.8, 4) is 0 Å². The third kappa shape index (κ3) is 2.72. The second kappa shape index (κ2) is 4.56. The molecule has 17 heavy (non-hydrogen) atoms. The lowest BCUT2D eigenvalue weighted by molar-refractivity contribution is 0.568. The lowest BCUT2D eigenvalue weighted by atomic mass is 10.2. The van der Waals surface area contributed by atoms with Gasteiger partial charge in [0, 0.05) is 17.5 Å². The average molecular weight is 246 g/mol. The highest BCUT2D eigenvalue weighted by molar-refractivity contribution is 6.83. The van der Waals surface area contributed by atoms with E-state index in [0.29, 0.717) is 6.54 Å². The first-order chi connectivity index (χ1) is 8.00. The molecule has 1 heterocycles. The van der Waals surface area contributed by atoms with Gasteiger partial charge in [-0.1, -0.05) is 18.2 Å². The average Bonchev–Trinajstić information content (AvgIpc) is 2.27. The smallest absolute Gasteiger partial charge is 0.213 e. The van der Waals surface area contributed by atoms with Crippen LogP contribution >= 0.6 is 0 Å². The summed E-state index contributed by atoms with van der Waals surface area (Å²) in [5, 5.41) is 2.12. The van der Waals surface area contributed by atoms with Gasteiger partial charge < -0.3 is 10.5 Å². The number of pyridine rings is 1. The molecule has 0 fully saturated rings. The Morgan fingerprint density at radius 1 is 1.24 bits per heavy atom. The van der Waals surface area contributed by atoms with Crippen molar-refractivity contribution in [3.63, 3.8) is 0 Å². The fourth-order valence-electron chi connectivity index (χ4n) is 1.84. The van der Waals surface area contributed by atoms with Crippen LogP contribution in [-0.2, 0) is 6.42 Å². The van der Waals surface area contributed by atoms with Crippen molar-refractivity contribution in [1.29, 1.82) is 0 Å². The number of fused-ring (bicyclic) bond motifs is 1. The Morgan fingerprint density at radius 3 is 2.65 bits per heavy atom. The number of benzene rings is 1. The van der Waals surface area contributed by atoms with Gasteiger partial charge >= 0.3 is 0 Å². The van der Waals surface area contributed by atoms with Crippen molar-refractivity contribution in [2.45, 2.75) is 19.5 Å². The molecule has 0 aliphatic heterocycles. The Balaban J connectivity index is 2.47. The highest BCUT2D eigenvalue weighted by Crippen LogP contribution is 2.13. The van der Waals surface area contributed by atoms with E-state index in [4.69, 9.17) is 5.73 Å². The van der Waals surface area contributed by atoms with Crippen molar-refractivity contribution in [2.75, 3.05) is 6.54 Å². The molecule has 0 spiro atoms. The minimum Gasteiger partial charge on any atom is -0.428 e. The van der Waals surface area contributed by atoms with E-state index >= 15 is 0 Å². The third-order valence-corrected chi connectivity index (χ3v) is 4.58. The molecule has 0 radical (unpaired) electrons. The Labute approximate surface area is 102 Å². The van der Waals surface area contributed by atoms with Crippen molar-refractivity contribution >= 4 is 24.4 Å². The van der Waals surface area contributed by atoms with Gasteiger partial charge in [-0.2, -0.15) is 0 Å². The zero-order valence-electron chi connectivity index (χ0n) is 10.3. The van der Waals surface area contributed by atoms with Gasteiger partial charge in [-0.25, -0.2) is 0 Å². The molecular weight excluding hydrogens is 228 g/mol. The number of hydrogen-bond donors (Lipinski definition) is 2. The van der Waals surface area contributed by atoms with Gasteiger partial charge in [0.25, 0.3) is 0 Å². The predicted molar refractivity (Wildman–Crippen MR) is 73.8 cm³/mol. The number of hydrogen-bond acceptors (Lipinski definition) is 3. The van der Waals surface area contributed by atoms with Gasteiger partial charge in [0.05, 0.1) is 5.52 Å². The summed E-state index contributed by atoms with van der Waals surface area (Å²) in [4.78, 5) is 14.6. The maximum atomic E-state index is 10.1. The zero-order valence-corrected chi connectivity index (χ0v) is 11.3. The van der Waals surface area contributed by atoms with Gasteiger partial charge in [0.2, 0.25) is 8.32 Å². The topological polar surface area (TPSA) is 59.1 Å². The largest absolute Gasteiger partial charge is 0.428 e. The van der Waals surface area contributed by atoms with Gasteiger partial charge in [-0.3, -0.25) is 4.98 Å². The van der Waals surface area contributed by atoms with Gasteiger partial charge in [0.15, 0.2) is 0 Å². The number of aromatic nitrogens is 1. The van der Waals surface area contributed by atoms with Crippen LogP contribution < -0.4 is 10.9 Å². The van der Waals surface area contributed by atoms with E-state index in [9.17, 15) is 4.80 Å². The molecule has 0 aliphatic rings. The maximum absolute atomic E-state index is 10.1. The van der Waals surface area contributed by atoms with Crippen LogP contribution in [-0.4, -0.2) is 24.6 Å². The molecule has 1 aromatic heterocycles. The summed E-state index contributed by atoms with van der Waals surface area (Å²) in [5.41, 5.74) is 7.51. The third-order valence-electron chi connectivity index (χ3n) is 2.85. The summed E-state index contributed by atoms with van der Waals surface area (Å²) in [5.74, 6) is 0. The first-order valence-corrected chi connectivity index (χ1v) is 8.78. The summed E-state index contributed by atoms with van der Waals surface area (Å²) in [6.07, 6.45) is 0.804. The van der Waals surface area contributed by atoms with Crippen LogP contribution in [0.2, 0.25) is 13.1 Å². The SMILES string of the molecule is C[Si](C)(O)c1ccc2nc(CCN)ccc2c1. The van der Waals surface area contributed by atoms with E-state index < -0.39 is 8.32 Å². The van der Waals surface area contributed by atoms with Crippen LogP contribution in [0.3, 0.4) is 0 Å². The van der Waals surface area contributed by atoms with E-state index in [2.05, 4.69) is 11.1 Å². The second-order valence-electron chi connectivity index (χ2n) is 4.81. The molecule has 2 rings (SSSR count). The summed E-state index contributed by atoms with van der Waals surface area (Å²) in [7, 11) is -2.23. The molecule has 2 aromatic rings. The fraction of sp³-hybridized carbons (Fsp3) is 0.308. The molecule has 90 valence electrons. The number of nitrogens with zero attached hydrogens (tertiary/aromatic N) is 1. The van der Waals surface area contributed by atoms with Gasteiger partial charge in [-0.05, 0) is 37.0 Å². The first kappa shape index (κ1) is 12.2. The Bertz CT molecular complexity index is 534. The quantitative estimate of drug-likeness (QED) is 0.799. The highest BCUT2D eigenvalue weighted by Gasteiger charge is 2.20. The van der Waals surface area contributed by atoms with Crippen molar-refractivity contribution < 1.29 is 4.80 Å². The Hall–Kier alpha value is -1.23. The molecule has 3 nitrogen and oxygen atoms in total. The molecule has 0 bridgehead atoms. The van der Waals surface area contributed by atoms with Gasteiger partial charge in [-0.15, -0.1) is 0 Å². The first-order valence-electron chi connectivity index (χ1n) is 5.83. The van der Waals surface area contributed by atoms with E-state index in [-0.39, 0.29) is 0 Å². The molecule has 3 N–H and O–H groups in total. The molecule has 1 aromatic carbocycles. The standard InChI is InChI=1S/C13H18N2OSi/c1-17(2,16)12-5-6-13-10(9-12)3-4-11(15-13)7-8-14/h3-6,9,16H,7-8,14H2,1-2H3. The van der Waals surface area contributed by atoms with E-state index in [1.807, 2.05) is 37.4 Å². The molecule has 0 amide bonds. The lowest BCUT2D eigenvalue weighted by Crippen LogP contribution is -2.41. The molecule has 0 saturated heterocycles. The lowest BCUT2D eigenvalue weighted by Gasteiger charge is -2.15. The van der Waals surface area contributed by atoms with Gasteiger partial charge in [0.1, 0.15) is 0 Å². The number of nitrogens with two attached hydrogens (primary N) is 1. The second-order valence-corrected chi connectivity index (χ2v) is 8.50. The van der Waals surface area contributed by atoms with E-state index in [1.165, 1.54) is 0 Å². The molecule has 4 heteroatoms. The number of rotatable bonds is 3. The van der Waals surface area contributed by atoms with Crippen molar-refractivity contribution in [2.24, 2.45) is 5.73 Å². The fourth-order valence-corrected chi connectivity index (χ4v) is 2.84. The molecule has 0 atom stereocenters. The van der Waals surface area contributed by atoms with Crippen LogP contribution in [0, 0.1) is 0 Å². The Morgan fingerprint density at radius 2 is 2.00 bits per heavy atom. The zero-order chi connectivity index (χ0) is 12.5. The minimum atomic E-state index is -2.23. The maximum Gasteiger partial charge on any atom is 0.213 e. The minimum absolute atomic E-state index is 0.618. The summed E-state index contributed by atoms with van der Waals surface area (Å²) < 4.78 is 0. The summed E-state index contributed by atoms with van der Waals surface area (Å²) in [6.45, 7) is 4.46. The van der Waals surface area contributed by atoms with Crippen molar-refractivity contribution in [1.82, 2.24) is 4.98 Å². The summed E-state index contributed by atoms with van der Waals surface area (Å²) >= 11 is 0. The Kier molecular flexibility index (Phi) is 3.28. The molecule has 0 unspecified atom stereocenters. The van der Waals surface area contributed by atoms with Crippen molar-refractivity contribution in [3.05, 3.63) is 36.0 Å². The van der Waals surface area contributed by atoms with Crippen LogP contribution in [0.4, 0.5) is 0 Å². The molecular formula is C13H18N2OSi. The van der Waals surface area contributed by atoms with Crippen LogP contribution in [0.25, 0.3) is 10.9 Å².